The molecule has 0 aromatic heterocycles. The summed E-state index contributed by atoms with van der Waals surface area (Å²) in [6.07, 6.45) is 5.38. The van der Waals surface area contributed by atoms with Crippen LogP contribution < -0.4 is 0 Å². The number of aliphatic hydroxyl groups is 1. The smallest absolute Gasteiger partial charge is 0.193 e. The number of aliphatic hydroxyl groups excluding tert-OH is 1. The minimum absolute atomic E-state index is 0.0193. The van der Waals surface area contributed by atoms with Gasteiger partial charge in [-0.3, -0.25) is 4.79 Å². The molecule has 2 aliphatic carbocycles. The van der Waals surface area contributed by atoms with Crippen LogP contribution in [0.2, 0.25) is 0 Å². The van der Waals surface area contributed by atoms with Gasteiger partial charge in [0.05, 0.1) is 11.5 Å². The maximum absolute atomic E-state index is 13.4. The first kappa shape index (κ1) is 19.5. The Labute approximate surface area is 182 Å². The number of carbonyl (C=O) groups excluding carboxylic acids is 1. The number of aryl methyl sites for hydroxylation is 1. The van der Waals surface area contributed by atoms with Gasteiger partial charge < -0.3 is 10.2 Å². The second kappa shape index (κ2) is 7.07. The molecule has 2 N–H and O–H groups in total. The van der Waals surface area contributed by atoms with Crippen molar-refractivity contribution in [2.45, 2.75) is 25.4 Å². The quantitative estimate of drug-likeness (QED) is 0.622. The van der Waals surface area contributed by atoms with E-state index in [9.17, 15) is 15.0 Å². The van der Waals surface area contributed by atoms with Crippen molar-refractivity contribution >= 4 is 5.78 Å². The van der Waals surface area contributed by atoms with Crippen molar-refractivity contribution in [2.24, 2.45) is 5.92 Å². The standard InChI is InChI=1S/C28H24O3/c1-17-15-19(11-13-25(17)29)28(20-12-14-26(30)18(2)16-20)23-9-5-3-7-21(23)27(31)22-8-4-6-10-24(22)28/h3-17,25,29-30H,1-2H3. The molecule has 3 heteroatoms. The fourth-order valence-corrected chi connectivity index (χ4v) is 5.05. The number of hydrogen-bond donors (Lipinski definition) is 2. The lowest BCUT2D eigenvalue weighted by atomic mass is 9.58. The Morgan fingerprint density at radius 3 is 2.10 bits per heavy atom. The number of phenols is 1. The number of ketones is 1. The van der Waals surface area contributed by atoms with E-state index in [2.05, 4.69) is 6.08 Å². The summed E-state index contributed by atoms with van der Waals surface area (Å²) in [7, 11) is 0. The molecule has 0 heterocycles. The van der Waals surface area contributed by atoms with Gasteiger partial charge in [-0.05, 0) is 40.8 Å². The third kappa shape index (κ3) is 2.74. The minimum Gasteiger partial charge on any atom is -0.508 e. The Morgan fingerprint density at radius 1 is 0.903 bits per heavy atom. The molecule has 154 valence electrons. The van der Waals surface area contributed by atoms with Crippen LogP contribution in [0.5, 0.6) is 5.75 Å². The average molecular weight is 408 g/mol. The van der Waals surface area contributed by atoms with Crippen molar-refractivity contribution < 1.29 is 15.0 Å². The zero-order chi connectivity index (χ0) is 21.8. The highest BCUT2D eigenvalue weighted by molar-refractivity contribution is 6.14. The van der Waals surface area contributed by atoms with Crippen molar-refractivity contribution in [3.05, 3.63) is 124 Å². The van der Waals surface area contributed by atoms with Crippen LogP contribution in [0.1, 0.15) is 45.1 Å². The molecule has 0 spiro atoms. The molecule has 2 atom stereocenters. The van der Waals surface area contributed by atoms with E-state index in [1.165, 1.54) is 0 Å². The summed E-state index contributed by atoms with van der Waals surface area (Å²) >= 11 is 0. The Hall–Kier alpha value is -3.43. The summed E-state index contributed by atoms with van der Waals surface area (Å²) in [5.41, 5.74) is 5.24. The van der Waals surface area contributed by atoms with E-state index in [1.54, 1.807) is 6.07 Å². The zero-order valence-corrected chi connectivity index (χ0v) is 17.5. The van der Waals surface area contributed by atoms with Gasteiger partial charge in [0.1, 0.15) is 5.75 Å². The number of fused-ring (bicyclic) bond motifs is 2. The van der Waals surface area contributed by atoms with Crippen LogP contribution in [-0.2, 0) is 5.41 Å². The van der Waals surface area contributed by atoms with Gasteiger partial charge >= 0.3 is 0 Å². The molecule has 31 heavy (non-hydrogen) atoms. The lowest BCUT2D eigenvalue weighted by Crippen LogP contribution is -2.39. The molecule has 5 rings (SSSR count). The number of benzene rings is 3. The lowest BCUT2D eigenvalue weighted by Gasteiger charge is -2.43. The Balaban J connectivity index is 1.96. The molecule has 0 radical (unpaired) electrons. The Morgan fingerprint density at radius 2 is 1.52 bits per heavy atom. The number of rotatable bonds is 2. The molecule has 0 bridgehead atoms. The summed E-state index contributed by atoms with van der Waals surface area (Å²) in [6.45, 7) is 3.88. The van der Waals surface area contributed by atoms with Crippen LogP contribution in [0.15, 0.2) is 90.5 Å². The third-order valence-electron chi connectivity index (χ3n) is 6.67. The molecule has 0 amide bonds. The van der Waals surface area contributed by atoms with E-state index < -0.39 is 11.5 Å². The second-order valence-electron chi connectivity index (χ2n) is 8.50. The fourth-order valence-electron chi connectivity index (χ4n) is 5.05. The summed E-state index contributed by atoms with van der Waals surface area (Å²) in [6, 6.07) is 21.2. The molecule has 0 aliphatic heterocycles. The van der Waals surface area contributed by atoms with Gasteiger partial charge in [-0.15, -0.1) is 0 Å². The van der Waals surface area contributed by atoms with E-state index in [0.29, 0.717) is 11.1 Å². The lowest BCUT2D eigenvalue weighted by molar-refractivity contribution is 0.103. The van der Waals surface area contributed by atoms with Crippen LogP contribution >= 0.6 is 0 Å². The normalized spacial score (nSPS) is 21.3. The van der Waals surface area contributed by atoms with Crippen molar-refractivity contribution in [2.75, 3.05) is 0 Å². The summed E-state index contributed by atoms with van der Waals surface area (Å²) < 4.78 is 0. The maximum Gasteiger partial charge on any atom is 0.193 e. The first-order valence-electron chi connectivity index (χ1n) is 10.6. The van der Waals surface area contributed by atoms with Crippen LogP contribution in [0.25, 0.3) is 0 Å². The highest BCUT2D eigenvalue weighted by Gasteiger charge is 2.47. The van der Waals surface area contributed by atoms with Crippen LogP contribution in [0.3, 0.4) is 0 Å². The topological polar surface area (TPSA) is 57.5 Å². The Bertz CT molecular complexity index is 1220. The zero-order valence-electron chi connectivity index (χ0n) is 17.5. The molecule has 3 nitrogen and oxygen atoms in total. The molecule has 3 aromatic rings. The maximum atomic E-state index is 13.4. The minimum atomic E-state index is -0.732. The number of carbonyl (C=O) groups is 1. The summed E-state index contributed by atoms with van der Waals surface area (Å²) in [5, 5.41) is 20.6. The molecule has 3 aromatic carbocycles. The summed E-state index contributed by atoms with van der Waals surface area (Å²) in [4.78, 5) is 13.4. The van der Waals surface area contributed by atoms with Gasteiger partial charge in [0.25, 0.3) is 0 Å². The molecule has 0 fully saturated rings. The van der Waals surface area contributed by atoms with Crippen LogP contribution in [0.4, 0.5) is 0 Å². The molecular weight excluding hydrogens is 384 g/mol. The SMILES string of the molecule is Cc1cc(C2(C3=CC(C)C(O)C=C3)c3ccccc3C(=O)c3ccccc32)ccc1O. The van der Waals surface area contributed by atoms with E-state index in [-0.39, 0.29) is 17.5 Å². The number of aromatic hydroxyl groups is 1. The highest BCUT2D eigenvalue weighted by atomic mass is 16.3. The third-order valence-corrected chi connectivity index (χ3v) is 6.67. The molecule has 0 saturated carbocycles. The monoisotopic (exact) mass is 408 g/mol. The fraction of sp³-hybridized carbons (Fsp3) is 0.179. The van der Waals surface area contributed by atoms with Gasteiger partial charge in [0.2, 0.25) is 0 Å². The first-order chi connectivity index (χ1) is 14.9. The van der Waals surface area contributed by atoms with Gasteiger partial charge in [-0.2, -0.15) is 0 Å². The summed E-state index contributed by atoms with van der Waals surface area (Å²) in [5.74, 6) is 0.196. The second-order valence-corrected chi connectivity index (χ2v) is 8.50. The van der Waals surface area contributed by atoms with E-state index >= 15 is 0 Å². The highest BCUT2D eigenvalue weighted by Crippen LogP contribution is 2.52. The van der Waals surface area contributed by atoms with Crippen molar-refractivity contribution in [1.29, 1.82) is 0 Å². The van der Waals surface area contributed by atoms with Crippen molar-refractivity contribution in [3.8, 4) is 5.75 Å². The van der Waals surface area contributed by atoms with E-state index in [4.69, 9.17) is 0 Å². The predicted molar refractivity (Wildman–Crippen MR) is 121 cm³/mol. The van der Waals surface area contributed by atoms with Gasteiger partial charge in [0.15, 0.2) is 5.78 Å². The molecule has 2 aliphatic rings. The van der Waals surface area contributed by atoms with Crippen molar-refractivity contribution in [3.63, 3.8) is 0 Å². The van der Waals surface area contributed by atoms with Gasteiger partial charge in [-0.1, -0.05) is 85.8 Å². The number of allylic oxidation sites excluding steroid dienone is 2. The molecular formula is C28H24O3. The molecule has 0 saturated heterocycles. The van der Waals surface area contributed by atoms with Gasteiger partial charge in [0, 0.05) is 17.0 Å². The van der Waals surface area contributed by atoms with Crippen LogP contribution in [-0.4, -0.2) is 22.1 Å². The van der Waals surface area contributed by atoms with E-state index in [0.717, 1.165) is 27.8 Å². The first-order valence-corrected chi connectivity index (χ1v) is 10.6. The Kier molecular flexibility index (Phi) is 4.45. The number of hydrogen-bond acceptors (Lipinski definition) is 3. The molecule has 2 unspecified atom stereocenters. The average Bonchev–Trinajstić information content (AvgIpc) is 2.79. The van der Waals surface area contributed by atoms with Crippen molar-refractivity contribution in [1.82, 2.24) is 0 Å². The van der Waals surface area contributed by atoms with Gasteiger partial charge in [-0.25, -0.2) is 0 Å². The predicted octanol–water partition coefficient (Wildman–Crippen LogP) is 5.07. The largest absolute Gasteiger partial charge is 0.508 e. The van der Waals surface area contributed by atoms with Crippen LogP contribution in [0, 0.1) is 12.8 Å². The number of phenolic OH excluding ortho intramolecular Hbond substituents is 1. The van der Waals surface area contributed by atoms with E-state index in [1.807, 2.05) is 86.7 Å².